The minimum atomic E-state index is -0.222. The minimum absolute atomic E-state index is 0.181. The molecule has 1 aromatic rings. The highest BCUT2D eigenvalue weighted by molar-refractivity contribution is 5.80. The predicted molar refractivity (Wildman–Crippen MR) is 64.1 cm³/mol. The highest BCUT2D eigenvalue weighted by Gasteiger charge is 2.33. The van der Waals surface area contributed by atoms with E-state index in [4.69, 9.17) is 0 Å². The molecule has 0 spiro atoms. The van der Waals surface area contributed by atoms with E-state index in [1.165, 1.54) is 5.56 Å². The summed E-state index contributed by atoms with van der Waals surface area (Å²) in [4.78, 5) is 13.8. The zero-order chi connectivity index (χ0) is 11.6. The van der Waals surface area contributed by atoms with Gasteiger partial charge in [0.2, 0.25) is 5.91 Å². The summed E-state index contributed by atoms with van der Waals surface area (Å²) in [7, 11) is 0. The van der Waals surface area contributed by atoms with Crippen LogP contribution in [-0.4, -0.2) is 30.4 Å². The van der Waals surface area contributed by atoms with Crippen molar-refractivity contribution in [2.45, 2.75) is 19.4 Å². The quantitative estimate of drug-likeness (QED) is 0.812. The lowest BCUT2D eigenvalue weighted by Crippen LogP contribution is -2.55. The fourth-order valence-corrected chi connectivity index (χ4v) is 2.20. The summed E-state index contributed by atoms with van der Waals surface area (Å²) >= 11 is 0. The van der Waals surface area contributed by atoms with Gasteiger partial charge in [-0.2, -0.15) is 0 Å². The Bertz CT molecular complexity index is 373. The summed E-state index contributed by atoms with van der Waals surface area (Å²) in [6.07, 6.45) is 0. The van der Waals surface area contributed by atoms with Gasteiger partial charge in [-0.1, -0.05) is 30.3 Å². The van der Waals surface area contributed by atoms with E-state index < -0.39 is 0 Å². The summed E-state index contributed by atoms with van der Waals surface area (Å²) in [5.41, 5.74) is 0.964. The Labute approximate surface area is 96.5 Å². The highest BCUT2D eigenvalue weighted by atomic mass is 16.2. The molecule has 0 aromatic heterocycles. The van der Waals surface area contributed by atoms with E-state index in [0.717, 1.165) is 13.1 Å². The van der Waals surface area contributed by atoms with Gasteiger partial charge < -0.3 is 10.2 Å². The molecule has 1 saturated heterocycles. The van der Waals surface area contributed by atoms with E-state index in [9.17, 15) is 4.79 Å². The van der Waals surface area contributed by atoms with Crippen LogP contribution in [0.2, 0.25) is 0 Å². The molecule has 0 bridgehead atoms. The fraction of sp³-hybridized carbons (Fsp3) is 0.462. The van der Waals surface area contributed by atoms with Gasteiger partial charge >= 0.3 is 0 Å². The fourth-order valence-electron chi connectivity index (χ4n) is 2.20. The second-order valence-electron chi connectivity index (χ2n) is 4.65. The molecular weight excluding hydrogens is 200 g/mol. The minimum Gasteiger partial charge on any atom is -0.331 e. The van der Waals surface area contributed by atoms with Crippen molar-refractivity contribution >= 4 is 5.91 Å². The predicted octanol–water partition coefficient (Wildman–Crippen LogP) is 1.35. The first kappa shape index (κ1) is 11.1. The van der Waals surface area contributed by atoms with Crippen molar-refractivity contribution in [1.29, 1.82) is 0 Å². The molecular formula is C13H18N2O. The Morgan fingerprint density at radius 3 is 2.56 bits per heavy atom. The van der Waals surface area contributed by atoms with Crippen LogP contribution in [0.3, 0.4) is 0 Å². The molecule has 1 amide bonds. The maximum absolute atomic E-state index is 11.9. The van der Waals surface area contributed by atoms with Crippen LogP contribution in [0, 0.1) is 0 Å². The Morgan fingerprint density at radius 1 is 1.25 bits per heavy atom. The first-order chi connectivity index (χ1) is 7.62. The van der Waals surface area contributed by atoms with Gasteiger partial charge in [0.1, 0.15) is 0 Å². The van der Waals surface area contributed by atoms with E-state index in [-0.39, 0.29) is 11.4 Å². The van der Waals surface area contributed by atoms with Crippen molar-refractivity contribution in [3.05, 3.63) is 35.9 Å². The third-order valence-electron chi connectivity index (χ3n) is 3.24. The Morgan fingerprint density at radius 2 is 1.94 bits per heavy atom. The monoisotopic (exact) mass is 218 g/mol. The first-order valence-electron chi connectivity index (χ1n) is 5.69. The second kappa shape index (κ2) is 4.26. The lowest BCUT2D eigenvalue weighted by molar-refractivity contribution is -0.137. The standard InChI is InChI=1S/C13H18N2O/c1-13(2,11-6-4-3-5-7-11)15-9-8-14-10-12(15)16/h3-7,14H,8-10H2,1-2H3. The molecule has 0 aliphatic carbocycles. The molecule has 16 heavy (non-hydrogen) atoms. The maximum atomic E-state index is 11.9. The lowest BCUT2D eigenvalue weighted by atomic mass is 9.91. The highest BCUT2D eigenvalue weighted by Crippen LogP contribution is 2.27. The van der Waals surface area contributed by atoms with Gasteiger partial charge in [-0.25, -0.2) is 0 Å². The van der Waals surface area contributed by atoms with Gasteiger partial charge in [0.25, 0.3) is 0 Å². The summed E-state index contributed by atoms with van der Waals surface area (Å²) in [6, 6.07) is 10.2. The number of hydrogen-bond donors (Lipinski definition) is 1. The van der Waals surface area contributed by atoms with Crippen molar-refractivity contribution in [3.8, 4) is 0 Å². The van der Waals surface area contributed by atoms with Gasteiger partial charge in [-0.15, -0.1) is 0 Å². The van der Waals surface area contributed by atoms with Crippen LogP contribution in [0.5, 0.6) is 0 Å². The maximum Gasteiger partial charge on any atom is 0.237 e. The van der Waals surface area contributed by atoms with Crippen LogP contribution in [0.15, 0.2) is 30.3 Å². The summed E-state index contributed by atoms with van der Waals surface area (Å²) in [5.74, 6) is 0.181. The molecule has 1 aliphatic rings. The number of carbonyl (C=O) groups excluding carboxylic acids is 1. The first-order valence-corrected chi connectivity index (χ1v) is 5.69. The van der Waals surface area contributed by atoms with Gasteiger partial charge in [-0.05, 0) is 19.4 Å². The third-order valence-corrected chi connectivity index (χ3v) is 3.24. The summed E-state index contributed by atoms with van der Waals surface area (Å²) in [5, 5.41) is 3.10. The number of benzene rings is 1. The number of carbonyl (C=O) groups is 1. The van der Waals surface area contributed by atoms with Crippen LogP contribution in [0.25, 0.3) is 0 Å². The van der Waals surface area contributed by atoms with Crippen molar-refractivity contribution in [2.75, 3.05) is 19.6 Å². The smallest absolute Gasteiger partial charge is 0.237 e. The van der Waals surface area contributed by atoms with E-state index in [1.807, 2.05) is 23.1 Å². The van der Waals surface area contributed by atoms with Crippen LogP contribution in [-0.2, 0) is 10.3 Å². The second-order valence-corrected chi connectivity index (χ2v) is 4.65. The van der Waals surface area contributed by atoms with Crippen molar-refractivity contribution in [1.82, 2.24) is 10.2 Å². The largest absolute Gasteiger partial charge is 0.331 e. The molecule has 0 atom stereocenters. The molecule has 3 heteroatoms. The average molecular weight is 218 g/mol. The molecule has 1 heterocycles. The average Bonchev–Trinajstić information content (AvgIpc) is 2.30. The van der Waals surface area contributed by atoms with Crippen LogP contribution in [0.1, 0.15) is 19.4 Å². The van der Waals surface area contributed by atoms with E-state index >= 15 is 0 Å². The van der Waals surface area contributed by atoms with E-state index in [2.05, 4.69) is 31.3 Å². The Kier molecular flexibility index (Phi) is 2.97. The molecule has 0 unspecified atom stereocenters. The van der Waals surface area contributed by atoms with E-state index in [1.54, 1.807) is 0 Å². The zero-order valence-corrected chi connectivity index (χ0v) is 9.86. The van der Waals surface area contributed by atoms with Crippen LogP contribution >= 0.6 is 0 Å². The Balaban J connectivity index is 2.27. The summed E-state index contributed by atoms with van der Waals surface area (Å²) in [6.45, 7) is 6.32. The normalized spacial score (nSPS) is 17.6. The number of piperazine rings is 1. The van der Waals surface area contributed by atoms with Gasteiger partial charge in [0.15, 0.2) is 0 Å². The molecule has 3 nitrogen and oxygen atoms in total. The number of rotatable bonds is 2. The molecule has 1 aliphatic heterocycles. The topological polar surface area (TPSA) is 32.3 Å². The Hall–Kier alpha value is -1.35. The number of amides is 1. The molecule has 86 valence electrons. The van der Waals surface area contributed by atoms with Crippen molar-refractivity contribution < 1.29 is 4.79 Å². The van der Waals surface area contributed by atoms with Gasteiger partial charge in [0, 0.05) is 13.1 Å². The van der Waals surface area contributed by atoms with Crippen molar-refractivity contribution in [3.63, 3.8) is 0 Å². The zero-order valence-electron chi connectivity index (χ0n) is 9.86. The molecule has 1 aromatic carbocycles. The number of nitrogens with zero attached hydrogens (tertiary/aromatic N) is 1. The van der Waals surface area contributed by atoms with Crippen LogP contribution < -0.4 is 5.32 Å². The lowest BCUT2D eigenvalue weighted by Gasteiger charge is -2.41. The van der Waals surface area contributed by atoms with E-state index in [0.29, 0.717) is 6.54 Å². The molecule has 1 fully saturated rings. The van der Waals surface area contributed by atoms with Gasteiger partial charge in [0.05, 0.1) is 12.1 Å². The molecule has 0 saturated carbocycles. The SMILES string of the molecule is CC(C)(c1ccccc1)N1CCNCC1=O. The summed E-state index contributed by atoms with van der Waals surface area (Å²) < 4.78 is 0. The molecule has 0 radical (unpaired) electrons. The van der Waals surface area contributed by atoms with Gasteiger partial charge in [-0.3, -0.25) is 4.79 Å². The van der Waals surface area contributed by atoms with Crippen molar-refractivity contribution in [2.24, 2.45) is 0 Å². The molecule has 1 N–H and O–H groups in total. The van der Waals surface area contributed by atoms with Crippen LogP contribution in [0.4, 0.5) is 0 Å². The number of nitrogens with one attached hydrogen (secondary N) is 1. The third kappa shape index (κ3) is 1.95. The molecule has 2 rings (SSSR count). The number of hydrogen-bond acceptors (Lipinski definition) is 2.